The van der Waals surface area contributed by atoms with E-state index in [1.54, 1.807) is 24.3 Å². The minimum Gasteiger partial charge on any atom is -0.399 e. The molecule has 1 aliphatic rings. The van der Waals surface area contributed by atoms with E-state index in [2.05, 4.69) is 4.72 Å². The van der Waals surface area contributed by atoms with Crippen LogP contribution in [0.2, 0.25) is 0 Å². The minimum atomic E-state index is -3.28. The number of thioether (sulfide) groups is 2. The van der Waals surface area contributed by atoms with Crippen LogP contribution >= 0.6 is 23.5 Å². The lowest BCUT2D eigenvalue weighted by Gasteiger charge is -2.21. The van der Waals surface area contributed by atoms with Gasteiger partial charge in [0.15, 0.2) is 0 Å². The summed E-state index contributed by atoms with van der Waals surface area (Å²) in [6.45, 7) is 0.516. The summed E-state index contributed by atoms with van der Waals surface area (Å²) in [4.78, 5) is 0. The van der Waals surface area contributed by atoms with E-state index in [4.69, 9.17) is 5.73 Å². The zero-order valence-corrected chi connectivity index (χ0v) is 13.0. The highest BCUT2D eigenvalue weighted by molar-refractivity contribution is 8.06. The lowest BCUT2D eigenvalue weighted by molar-refractivity contribution is 0.581. The van der Waals surface area contributed by atoms with Gasteiger partial charge in [0.2, 0.25) is 10.0 Å². The molecular formula is C12H18N2O2S3. The van der Waals surface area contributed by atoms with Gasteiger partial charge >= 0.3 is 0 Å². The van der Waals surface area contributed by atoms with E-state index in [9.17, 15) is 8.42 Å². The van der Waals surface area contributed by atoms with E-state index in [1.165, 1.54) is 0 Å². The predicted molar refractivity (Wildman–Crippen MR) is 85.1 cm³/mol. The van der Waals surface area contributed by atoms with Crippen LogP contribution in [-0.4, -0.2) is 37.5 Å². The van der Waals surface area contributed by atoms with Gasteiger partial charge < -0.3 is 5.73 Å². The van der Waals surface area contributed by atoms with Gasteiger partial charge in [-0.15, -0.1) is 0 Å². The third kappa shape index (κ3) is 5.25. The first kappa shape index (κ1) is 15.0. The van der Waals surface area contributed by atoms with Crippen LogP contribution in [0, 0.1) is 0 Å². The van der Waals surface area contributed by atoms with Crippen LogP contribution in [0.5, 0.6) is 0 Å². The second kappa shape index (κ2) is 6.88. The van der Waals surface area contributed by atoms with Gasteiger partial charge in [-0.1, -0.05) is 12.1 Å². The number of benzene rings is 1. The Bertz CT molecular complexity index is 513. The summed E-state index contributed by atoms with van der Waals surface area (Å²) in [5.74, 6) is 3.28. The van der Waals surface area contributed by atoms with Gasteiger partial charge in [-0.3, -0.25) is 0 Å². The summed E-state index contributed by atoms with van der Waals surface area (Å²) in [5.41, 5.74) is 6.96. The van der Waals surface area contributed by atoms with E-state index in [0.717, 1.165) is 22.8 Å². The molecule has 3 N–H and O–H groups in total. The molecule has 1 atom stereocenters. The van der Waals surface area contributed by atoms with E-state index in [1.807, 2.05) is 23.5 Å². The Labute approximate surface area is 123 Å². The van der Waals surface area contributed by atoms with Gasteiger partial charge in [-0.05, 0) is 17.7 Å². The van der Waals surface area contributed by atoms with Crippen LogP contribution in [0.1, 0.15) is 5.56 Å². The second-order valence-electron chi connectivity index (χ2n) is 4.42. The SMILES string of the molecule is Nc1cccc(CS(=O)(=O)NCC2CSCCS2)c1. The monoisotopic (exact) mass is 318 g/mol. The van der Waals surface area contributed by atoms with Gasteiger partial charge in [0, 0.05) is 34.7 Å². The molecular weight excluding hydrogens is 300 g/mol. The van der Waals surface area contributed by atoms with Crippen LogP contribution in [-0.2, 0) is 15.8 Å². The van der Waals surface area contributed by atoms with Gasteiger partial charge in [0.05, 0.1) is 5.75 Å². The standard InChI is InChI=1S/C12H18N2O2S3/c13-11-3-1-2-10(6-11)9-19(15,16)14-7-12-8-17-4-5-18-12/h1-3,6,12,14H,4-5,7-9,13H2. The number of hydrogen-bond donors (Lipinski definition) is 2. The topological polar surface area (TPSA) is 72.2 Å². The highest BCUT2D eigenvalue weighted by atomic mass is 32.2. The zero-order chi connectivity index (χ0) is 13.7. The molecule has 0 amide bonds. The molecule has 0 aliphatic carbocycles. The van der Waals surface area contributed by atoms with Crippen molar-refractivity contribution in [3.05, 3.63) is 29.8 Å². The van der Waals surface area contributed by atoms with Crippen molar-refractivity contribution < 1.29 is 8.42 Å². The number of rotatable bonds is 5. The second-order valence-corrected chi connectivity index (χ2v) is 8.79. The Kier molecular flexibility index (Phi) is 5.44. The molecule has 0 radical (unpaired) electrons. The molecule has 0 spiro atoms. The fourth-order valence-electron chi connectivity index (χ4n) is 1.83. The van der Waals surface area contributed by atoms with E-state index in [0.29, 0.717) is 17.5 Å². The van der Waals surface area contributed by atoms with Crippen molar-refractivity contribution in [3.8, 4) is 0 Å². The first-order chi connectivity index (χ1) is 9.05. The van der Waals surface area contributed by atoms with E-state index in [-0.39, 0.29) is 5.75 Å². The van der Waals surface area contributed by atoms with Crippen molar-refractivity contribution in [2.24, 2.45) is 0 Å². The lowest BCUT2D eigenvalue weighted by Crippen LogP contribution is -2.34. The lowest BCUT2D eigenvalue weighted by atomic mass is 10.2. The van der Waals surface area contributed by atoms with E-state index >= 15 is 0 Å². The number of nitrogens with one attached hydrogen (secondary N) is 1. The Balaban J connectivity index is 1.87. The summed E-state index contributed by atoms with van der Waals surface area (Å²) < 4.78 is 26.7. The van der Waals surface area contributed by atoms with Crippen molar-refractivity contribution in [2.75, 3.05) is 29.5 Å². The fraction of sp³-hybridized carbons (Fsp3) is 0.500. The van der Waals surface area contributed by atoms with Gasteiger partial charge in [0.25, 0.3) is 0 Å². The molecule has 1 heterocycles. The summed E-state index contributed by atoms with van der Waals surface area (Å²) in [6, 6.07) is 7.00. The van der Waals surface area contributed by atoms with Gasteiger partial charge in [-0.25, -0.2) is 13.1 Å². The number of hydrogen-bond acceptors (Lipinski definition) is 5. The highest BCUT2D eigenvalue weighted by Crippen LogP contribution is 2.23. The smallest absolute Gasteiger partial charge is 0.215 e. The number of anilines is 1. The molecule has 0 bridgehead atoms. The average Bonchev–Trinajstić information content (AvgIpc) is 2.37. The Hall–Kier alpha value is -0.370. The third-order valence-electron chi connectivity index (χ3n) is 2.72. The molecule has 1 unspecified atom stereocenters. The molecule has 1 aromatic rings. The summed E-state index contributed by atoms with van der Waals surface area (Å²) in [5, 5.41) is 0.384. The maximum Gasteiger partial charge on any atom is 0.215 e. The van der Waals surface area contributed by atoms with Gasteiger partial charge in [0.1, 0.15) is 0 Å². The minimum absolute atomic E-state index is 0.0113. The number of nitrogen functional groups attached to an aromatic ring is 1. The maximum absolute atomic E-state index is 12.0. The Morgan fingerprint density at radius 2 is 2.21 bits per heavy atom. The third-order valence-corrected chi connectivity index (χ3v) is 6.89. The van der Waals surface area contributed by atoms with Gasteiger partial charge in [-0.2, -0.15) is 23.5 Å². The van der Waals surface area contributed by atoms with E-state index < -0.39 is 10.0 Å². The van der Waals surface area contributed by atoms with Crippen molar-refractivity contribution in [1.82, 2.24) is 4.72 Å². The molecule has 1 aliphatic heterocycles. The van der Waals surface area contributed by atoms with Crippen LogP contribution in [0.4, 0.5) is 5.69 Å². The Morgan fingerprint density at radius 3 is 2.89 bits per heavy atom. The van der Waals surface area contributed by atoms with Crippen LogP contribution in [0.25, 0.3) is 0 Å². The summed E-state index contributed by atoms with van der Waals surface area (Å²) in [6.07, 6.45) is 0. The highest BCUT2D eigenvalue weighted by Gasteiger charge is 2.18. The molecule has 4 nitrogen and oxygen atoms in total. The average molecular weight is 318 g/mol. The maximum atomic E-state index is 12.0. The first-order valence-electron chi connectivity index (χ1n) is 6.06. The summed E-state index contributed by atoms with van der Waals surface area (Å²) >= 11 is 3.73. The molecule has 1 saturated heterocycles. The molecule has 1 fully saturated rings. The van der Waals surface area contributed by atoms with Crippen molar-refractivity contribution in [1.29, 1.82) is 0 Å². The zero-order valence-electron chi connectivity index (χ0n) is 10.5. The van der Waals surface area contributed by atoms with Crippen LogP contribution < -0.4 is 10.5 Å². The molecule has 19 heavy (non-hydrogen) atoms. The molecule has 1 aromatic carbocycles. The predicted octanol–water partition coefficient (Wildman–Crippen LogP) is 1.54. The summed E-state index contributed by atoms with van der Waals surface area (Å²) in [7, 11) is -3.28. The molecule has 106 valence electrons. The molecule has 2 rings (SSSR count). The first-order valence-corrected chi connectivity index (χ1v) is 9.92. The van der Waals surface area contributed by atoms with Crippen molar-refractivity contribution in [2.45, 2.75) is 11.0 Å². The fourth-order valence-corrected chi connectivity index (χ4v) is 5.72. The molecule has 0 aromatic heterocycles. The number of sulfonamides is 1. The number of nitrogens with two attached hydrogens (primary N) is 1. The molecule has 0 saturated carbocycles. The van der Waals surface area contributed by atoms with Crippen molar-refractivity contribution in [3.63, 3.8) is 0 Å². The van der Waals surface area contributed by atoms with Crippen LogP contribution in [0.3, 0.4) is 0 Å². The molecule has 7 heteroatoms. The Morgan fingerprint density at radius 1 is 1.37 bits per heavy atom. The largest absolute Gasteiger partial charge is 0.399 e. The normalized spacial score (nSPS) is 20.3. The van der Waals surface area contributed by atoms with Crippen molar-refractivity contribution >= 4 is 39.2 Å². The quantitative estimate of drug-likeness (QED) is 0.806. The van der Waals surface area contributed by atoms with Crippen LogP contribution in [0.15, 0.2) is 24.3 Å².